The first-order chi connectivity index (χ1) is 10.4. The highest BCUT2D eigenvalue weighted by Gasteiger charge is 2.17. The van der Waals surface area contributed by atoms with Crippen molar-refractivity contribution >= 4 is 15.7 Å². The van der Waals surface area contributed by atoms with E-state index < -0.39 is 21.7 Å². The van der Waals surface area contributed by atoms with Crippen molar-refractivity contribution in [2.45, 2.75) is 4.90 Å². The summed E-state index contributed by atoms with van der Waals surface area (Å²) in [5.41, 5.74) is -0.0147. The molecule has 0 atom stereocenters. The Morgan fingerprint density at radius 1 is 1.09 bits per heavy atom. The maximum Gasteiger partial charge on any atom is 0.262 e. The zero-order valence-corrected chi connectivity index (χ0v) is 12.1. The summed E-state index contributed by atoms with van der Waals surface area (Å²) in [6.07, 6.45) is 0. The third-order valence-corrected chi connectivity index (χ3v) is 4.01. The van der Waals surface area contributed by atoms with E-state index in [1.54, 1.807) is 0 Å². The molecule has 22 heavy (non-hydrogen) atoms. The van der Waals surface area contributed by atoms with Crippen molar-refractivity contribution in [2.75, 3.05) is 17.9 Å². The summed E-state index contributed by atoms with van der Waals surface area (Å²) >= 11 is 0. The second-order valence-corrected chi connectivity index (χ2v) is 5.96. The van der Waals surface area contributed by atoms with Crippen LogP contribution in [0.4, 0.5) is 14.5 Å². The first kappa shape index (κ1) is 16.2. The van der Waals surface area contributed by atoms with Crippen LogP contribution in [0, 0.1) is 11.6 Å². The molecule has 0 amide bonds. The zero-order chi connectivity index (χ0) is 16.2. The van der Waals surface area contributed by atoms with E-state index in [0.717, 1.165) is 24.3 Å². The minimum absolute atomic E-state index is 0.0147. The number of sulfonamides is 1. The summed E-state index contributed by atoms with van der Waals surface area (Å²) in [6, 6.07) is 7.68. The summed E-state index contributed by atoms with van der Waals surface area (Å²) in [5.74, 6) is -1.39. The molecule has 0 saturated heterocycles. The number of nitrogens with one attached hydrogen (secondary N) is 1. The Morgan fingerprint density at radius 3 is 2.50 bits per heavy atom. The summed E-state index contributed by atoms with van der Waals surface area (Å²) in [5, 5.41) is 8.73. The van der Waals surface area contributed by atoms with E-state index >= 15 is 0 Å². The number of rotatable bonds is 6. The zero-order valence-electron chi connectivity index (χ0n) is 11.3. The van der Waals surface area contributed by atoms with Crippen LogP contribution in [0.25, 0.3) is 0 Å². The second-order valence-electron chi connectivity index (χ2n) is 4.28. The molecule has 0 bridgehead atoms. The number of aliphatic hydroxyl groups is 1. The Hall–Kier alpha value is -2.19. The van der Waals surface area contributed by atoms with E-state index in [1.165, 1.54) is 18.2 Å². The maximum atomic E-state index is 13.2. The van der Waals surface area contributed by atoms with E-state index in [1.807, 2.05) is 0 Å². The predicted molar refractivity (Wildman–Crippen MR) is 76.2 cm³/mol. The van der Waals surface area contributed by atoms with Crippen molar-refractivity contribution in [3.05, 3.63) is 54.1 Å². The minimum Gasteiger partial charge on any atom is -0.489 e. The van der Waals surface area contributed by atoms with E-state index in [0.29, 0.717) is 0 Å². The lowest BCUT2D eigenvalue weighted by molar-refractivity contribution is 0.201. The quantitative estimate of drug-likeness (QED) is 0.851. The molecule has 5 nitrogen and oxygen atoms in total. The van der Waals surface area contributed by atoms with Gasteiger partial charge in [-0.3, -0.25) is 4.72 Å². The number of ether oxygens (including phenoxy) is 1. The van der Waals surface area contributed by atoms with Gasteiger partial charge in [0.1, 0.15) is 24.0 Å². The van der Waals surface area contributed by atoms with Crippen molar-refractivity contribution in [2.24, 2.45) is 0 Å². The van der Waals surface area contributed by atoms with Crippen LogP contribution in [0.2, 0.25) is 0 Å². The molecule has 2 aromatic rings. The molecule has 2 aromatic carbocycles. The molecular weight excluding hydrogens is 316 g/mol. The Kier molecular flexibility index (Phi) is 4.94. The fraction of sp³-hybridized carbons (Fsp3) is 0.143. The third-order valence-electron chi connectivity index (χ3n) is 2.64. The van der Waals surface area contributed by atoms with Gasteiger partial charge in [-0.2, -0.15) is 0 Å². The van der Waals surface area contributed by atoms with Gasteiger partial charge in [0.2, 0.25) is 0 Å². The molecule has 0 saturated carbocycles. The van der Waals surface area contributed by atoms with Crippen LogP contribution in [-0.2, 0) is 10.0 Å². The fourth-order valence-corrected chi connectivity index (χ4v) is 2.79. The normalized spacial score (nSPS) is 11.2. The molecule has 0 aliphatic rings. The Morgan fingerprint density at radius 2 is 1.82 bits per heavy atom. The molecule has 0 heterocycles. The standard InChI is InChI=1S/C14H13F2NO4S/c15-10-2-1-3-12(8-10)22(19,20)17-13-5-4-11(16)9-14(13)21-7-6-18/h1-5,8-9,17-18H,6-7H2. The number of anilines is 1. The van der Waals surface area contributed by atoms with Gasteiger partial charge in [0.05, 0.1) is 17.2 Å². The summed E-state index contributed by atoms with van der Waals surface area (Å²) < 4.78 is 58.0. The summed E-state index contributed by atoms with van der Waals surface area (Å²) in [7, 11) is -4.05. The topological polar surface area (TPSA) is 75.6 Å². The van der Waals surface area contributed by atoms with E-state index in [2.05, 4.69) is 4.72 Å². The molecule has 2 N–H and O–H groups in total. The number of benzene rings is 2. The lowest BCUT2D eigenvalue weighted by atomic mass is 10.3. The van der Waals surface area contributed by atoms with Gasteiger partial charge in [0, 0.05) is 6.07 Å². The number of hydrogen-bond acceptors (Lipinski definition) is 4. The van der Waals surface area contributed by atoms with Gasteiger partial charge >= 0.3 is 0 Å². The van der Waals surface area contributed by atoms with Crippen LogP contribution in [0.1, 0.15) is 0 Å². The van der Waals surface area contributed by atoms with Crippen molar-refractivity contribution in [1.82, 2.24) is 0 Å². The Balaban J connectivity index is 2.33. The van der Waals surface area contributed by atoms with Crippen LogP contribution >= 0.6 is 0 Å². The van der Waals surface area contributed by atoms with Crippen molar-refractivity contribution in [1.29, 1.82) is 0 Å². The third kappa shape index (κ3) is 3.92. The van der Waals surface area contributed by atoms with E-state index in [4.69, 9.17) is 9.84 Å². The molecule has 118 valence electrons. The highest BCUT2D eigenvalue weighted by molar-refractivity contribution is 7.92. The smallest absolute Gasteiger partial charge is 0.262 e. The SMILES string of the molecule is O=S(=O)(Nc1ccc(F)cc1OCCO)c1cccc(F)c1. The first-order valence-corrected chi connectivity index (χ1v) is 7.72. The molecule has 0 fully saturated rings. The van der Waals surface area contributed by atoms with Crippen LogP contribution in [0.3, 0.4) is 0 Å². The van der Waals surface area contributed by atoms with E-state index in [9.17, 15) is 17.2 Å². The molecule has 0 aliphatic heterocycles. The van der Waals surface area contributed by atoms with Gasteiger partial charge in [-0.05, 0) is 30.3 Å². The molecule has 0 radical (unpaired) electrons. The molecule has 2 rings (SSSR count). The molecule has 0 spiro atoms. The molecule has 0 unspecified atom stereocenters. The lowest BCUT2D eigenvalue weighted by Gasteiger charge is -2.13. The van der Waals surface area contributed by atoms with Gasteiger partial charge in [-0.15, -0.1) is 0 Å². The van der Waals surface area contributed by atoms with Gasteiger partial charge in [-0.25, -0.2) is 17.2 Å². The second kappa shape index (κ2) is 6.71. The van der Waals surface area contributed by atoms with Gasteiger partial charge in [0.15, 0.2) is 0 Å². The highest BCUT2D eigenvalue weighted by Crippen LogP contribution is 2.28. The fourth-order valence-electron chi connectivity index (χ4n) is 1.69. The Bertz CT molecular complexity index is 765. The largest absolute Gasteiger partial charge is 0.489 e. The monoisotopic (exact) mass is 329 g/mol. The van der Waals surface area contributed by atoms with Crippen LogP contribution in [0.5, 0.6) is 5.75 Å². The predicted octanol–water partition coefficient (Wildman–Crippen LogP) is 2.14. The van der Waals surface area contributed by atoms with E-state index in [-0.39, 0.29) is 29.5 Å². The average Bonchev–Trinajstić information content (AvgIpc) is 2.47. The van der Waals surface area contributed by atoms with Gasteiger partial charge < -0.3 is 9.84 Å². The molecule has 0 aromatic heterocycles. The summed E-state index contributed by atoms with van der Waals surface area (Å²) in [6.45, 7) is -0.440. The van der Waals surface area contributed by atoms with Crippen LogP contribution in [0.15, 0.2) is 47.4 Å². The maximum absolute atomic E-state index is 13.2. The van der Waals surface area contributed by atoms with Gasteiger partial charge in [0.25, 0.3) is 10.0 Å². The number of hydrogen-bond donors (Lipinski definition) is 2. The highest BCUT2D eigenvalue weighted by atomic mass is 32.2. The van der Waals surface area contributed by atoms with Crippen LogP contribution in [-0.4, -0.2) is 26.7 Å². The molecule has 0 aliphatic carbocycles. The lowest BCUT2D eigenvalue weighted by Crippen LogP contribution is -2.14. The van der Waals surface area contributed by atoms with Crippen molar-refractivity contribution in [3.8, 4) is 5.75 Å². The van der Waals surface area contributed by atoms with Crippen LogP contribution < -0.4 is 9.46 Å². The molecule has 8 heteroatoms. The average molecular weight is 329 g/mol. The minimum atomic E-state index is -4.05. The number of halogens is 2. The summed E-state index contributed by atoms with van der Waals surface area (Å²) in [4.78, 5) is -0.273. The van der Waals surface area contributed by atoms with Crippen molar-refractivity contribution in [3.63, 3.8) is 0 Å². The molecular formula is C14H13F2NO4S. The van der Waals surface area contributed by atoms with Crippen molar-refractivity contribution < 1.29 is 27.0 Å². The Labute approximate surface area is 126 Å². The number of aliphatic hydroxyl groups excluding tert-OH is 1. The van der Waals surface area contributed by atoms with Gasteiger partial charge in [-0.1, -0.05) is 6.07 Å². The first-order valence-electron chi connectivity index (χ1n) is 6.24.